The van der Waals surface area contributed by atoms with Crippen LogP contribution in [0, 0.1) is 0 Å². The molecule has 3 heterocycles. The number of aromatic nitrogens is 2. The lowest BCUT2D eigenvalue weighted by Gasteiger charge is -2.46. The summed E-state index contributed by atoms with van der Waals surface area (Å²) in [6, 6.07) is 70.1. The summed E-state index contributed by atoms with van der Waals surface area (Å²) >= 11 is 1.36. The van der Waals surface area contributed by atoms with Gasteiger partial charge in [0, 0.05) is 22.5 Å². The summed E-state index contributed by atoms with van der Waals surface area (Å²) in [7, 11) is -3.64. The topological polar surface area (TPSA) is 66.4 Å². The van der Waals surface area contributed by atoms with Gasteiger partial charge < -0.3 is 9.80 Å². The van der Waals surface area contributed by atoms with E-state index in [1.165, 1.54) is 33.8 Å². The maximum Gasteiger partial charge on any atom is 0.210 e. The molecule has 8 aromatic carbocycles. The first kappa shape index (κ1) is 35.1. The van der Waals surface area contributed by atoms with E-state index in [9.17, 15) is 8.42 Å². The van der Waals surface area contributed by atoms with Gasteiger partial charge >= 0.3 is 0 Å². The minimum atomic E-state index is -3.64. The predicted molar refractivity (Wildman–Crippen MR) is 237 cm³/mol. The minimum absolute atomic E-state index is 0.295. The van der Waals surface area contributed by atoms with Crippen molar-refractivity contribution in [2.45, 2.75) is 15.2 Å². The van der Waals surface area contributed by atoms with E-state index in [-0.39, 0.29) is 0 Å². The van der Waals surface area contributed by atoms with Crippen LogP contribution in [-0.2, 0) is 15.3 Å². The first-order chi connectivity index (χ1) is 29.0. The largest absolute Gasteiger partial charge is 0.310 e. The van der Waals surface area contributed by atoms with Crippen LogP contribution < -0.4 is 9.80 Å². The normalized spacial score (nSPS) is 14.4. The Balaban J connectivity index is 0.931. The van der Waals surface area contributed by atoms with E-state index in [1.807, 2.05) is 53.4 Å². The summed E-state index contributed by atoms with van der Waals surface area (Å²) in [6.07, 6.45) is 0. The number of hydrogen-bond donors (Lipinski definition) is 0. The van der Waals surface area contributed by atoms with Gasteiger partial charge in [-0.2, -0.15) is 4.37 Å². The number of rotatable bonds is 6. The standard InChI is InChI=1S/C51H34N4O2S2/c56-59(57)47-25-13-11-23-45(47)55(46-24-12-14-26-48(46)59)40-33-29-36(30-34-40)50-52-49(53-58-50)35-27-31-39(32-28-35)54-43-21-9-7-19-41(43)51(37-15-3-1-4-16-37,38-17-5-2-6-18-38)42-20-8-10-22-44(42)54/h1-34H. The molecule has 0 bridgehead atoms. The number of anilines is 6. The fourth-order valence-electron chi connectivity index (χ4n) is 8.92. The van der Waals surface area contributed by atoms with Crippen molar-refractivity contribution >= 4 is 55.5 Å². The summed E-state index contributed by atoms with van der Waals surface area (Å²) in [5, 5.41) is 0.801. The average Bonchev–Trinajstić information content (AvgIpc) is 3.80. The van der Waals surface area contributed by atoms with Crippen molar-refractivity contribution in [2.24, 2.45) is 0 Å². The summed E-state index contributed by atoms with van der Waals surface area (Å²) < 4.78 is 31.8. The lowest BCUT2D eigenvalue weighted by molar-refractivity contribution is 0.595. The molecule has 1 aromatic heterocycles. The zero-order valence-corrected chi connectivity index (χ0v) is 33.2. The second-order valence-corrected chi connectivity index (χ2v) is 17.3. The van der Waals surface area contributed by atoms with E-state index in [4.69, 9.17) is 9.36 Å². The highest BCUT2D eigenvalue weighted by molar-refractivity contribution is 7.92. The summed E-state index contributed by atoms with van der Waals surface area (Å²) in [5.74, 6) is 0.663. The van der Waals surface area contributed by atoms with E-state index < -0.39 is 15.3 Å². The highest BCUT2D eigenvalue weighted by Gasteiger charge is 2.46. The van der Waals surface area contributed by atoms with Crippen LogP contribution >= 0.6 is 11.5 Å². The van der Waals surface area contributed by atoms with Crippen molar-refractivity contribution < 1.29 is 8.42 Å². The van der Waals surface area contributed by atoms with Crippen molar-refractivity contribution in [3.8, 4) is 22.0 Å². The van der Waals surface area contributed by atoms with Crippen LogP contribution in [0.5, 0.6) is 0 Å². The third-order valence-electron chi connectivity index (χ3n) is 11.5. The average molecular weight is 799 g/mol. The molecular weight excluding hydrogens is 765 g/mol. The maximum absolute atomic E-state index is 13.5. The molecule has 282 valence electrons. The first-order valence-corrected chi connectivity index (χ1v) is 21.7. The fourth-order valence-corrected chi connectivity index (χ4v) is 11.2. The number of nitrogens with zero attached hydrogens (tertiary/aromatic N) is 4. The van der Waals surface area contributed by atoms with Crippen LogP contribution in [0.2, 0.25) is 0 Å². The van der Waals surface area contributed by atoms with E-state index in [0.717, 1.165) is 38.9 Å². The van der Waals surface area contributed by atoms with Crippen LogP contribution in [0.4, 0.5) is 34.1 Å². The Morgan fingerprint density at radius 3 is 1.34 bits per heavy atom. The third-order valence-corrected chi connectivity index (χ3v) is 14.1. The van der Waals surface area contributed by atoms with Gasteiger partial charge in [-0.05, 0) is 119 Å². The zero-order valence-electron chi connectivity index (χ0n) is 31.6. The molecule has 8 heteroatoms. The lowest BCUT2D eigenvalue weighted by atomic mass is 9.62. The number of para-hydroxylation sites is 4. The molecule has 9 aromatic rings. The molecule has 59 heavy (non-hydrogen) atoms. The molecule has 0 saturated carbocycles. The van der Waals surface area contributed by atoms with Crippen LogP contribution in [0.25, 0.3) is 22.0 Å². The van der Waals surface area contributed by atoms with Crippen LogP contribution in [0.3, 0.4) is 0 Å². The van der Waals surface area contributed by atoms with E-state index in [2.05, 4.69) is 138 Å². The van der Waals surface area contributed by atoms with E-state index in [1.54, 1.807) is 24.3 Å². The summed E-state index contributed by atoms with van der Waals surface area (Å²) in [4.78, 5) is 9.95. The number of fused-ring (bicyclic) bond motifs is 4. The Bertz CT molecular complexity index is 2990. The van der Waals surface area contributed by atoms with Gasteiger partial charge in [-0.3, -0.25) is 0 Å². The second-order valence-electron chi connectivity index (χ2n) is 14.6. The Labute approximate surface area is 347 Å². The van der Waals surface area contributed by atoms with Crippen molar-refractivity contribution in [2.75, 3.05) is 9.80 Å². The van der Waals surface area contributed by atoms with Crippen molar-refractivity contribution in [1.82, 2.24) is 9.36 Å². The van der Waals surface area contributed by atoms with Gasteiger partial charge in [0.05, 0.1) is 38.0 Å². The van der Waals surface area contributed by atoms with Gasteiger partial charge in [0.25, 0.3) is 0 Å². The Morgan fingerprint density at radius 1 is 0.424 bits per heavy atom. The third kappa shape index (κ3) is 5.41. The smallest absolute Gasteiger partial charge is 0.210 e. The molecule has 0 unspecified atom stereocenters. The number of hydrogen-bond acceptors (Lipinski definition) is 7. The molecule has 0 N–H and O–H groups in total. The van der Waals surface area contributed by atoms with Gasteiger partial charge in [-0.1, -0.05) is 121 Å². The summed E-state index contributed by atoms with van der Waals surface area (Å²) in [5.41, 5.74) is 11.6. The van der Waals surface area contributed by atoms with Gasteiger partial charge in [0.15, 0.2) is 5.82 Å². The first-order valence-electron chi connectivity index (χ1n) is 19.4. The summed E-state index contributed by atoms with van der Waals surface area (Å²) in [6.45, 7) is 0. The van der Waals surface area contributed by atoms with Crippen LogP contribution in [0.1, 0.15) is 22.3 Å². The van der Waals surface area contributed by atoms with Crippen LogP contribution in [0.15, 0.2) is 216 Å². The van der Waals surface area contributed by atoms with Gasteiger partial charge in [-0.25, -0.2) is 13.4 Å². The van der Waals surface area contributed by atoms with Crippen molar-refractivity contribution in [3.63, 3.8) is 0 Å². The minimum Gasteiger partial charge on any atom is -0.310 e. The van der Waals surface area contributed by atoms with Gasteiger partial charge in [0.1, 0.15) is 5.01 Å². The second kappa shape index (κ2) is 13.8. The van der Waals surface area contributed by atoms with Gasteiger partial charge in [-0.15, -0.1) is 0 Å². The lowest BCUT2D eigenvalue weighted by Crippen LogP contribution is -2.37. The molecule has 0 spiro atoms. The molecule has 0 fully saturated rings. The number of sulfone groups is 1. The Kier molecular flexibility index (Phi) is 8.18. The van der Waals surface area contributed by atoms with Crippen LogP contribution in [-0.4, -0.2) is 17.8 Å². The van der Waals surface area contributed by atoms with Gasteiger partial charge in [0.2, 0.25) is 9.84 Å². The Hall–Kier alpha value is -7.13. The molecule has 0 amide bonds. The van der Waals surface area contributed by atoms with Crippen molar-refractivity contribution in [1.29, 1.82) is 0 Å². The molecule has 2 aliphatic rings. The van der Waals surface area contributed by atoms with Crippen molar-refractivity contribution in [3.05, 3.63) is 229 Å². The Morgan fingerprint density at radius 2 is 0.831 bits per heavy atom. The fraction of sp³-hybridized carbons (Fsp3) is 0.0196. The molecule has 6 nitrogen and oxygen atoms in total. The quantitative estimate of drug-likeness (QED) is 0.167. The molecule has 11 rings (SSSR count). The SMILES string of the molecule is O=S1(=O)c2ccccc2N(c2ccc(-c3nc(-c4ccc(N5c6ccccc6C(c6ccccc6)(c6ccccc6)c6ccccc65)cc4)ns3)cc2)c2ccccc21. The molecule has 0 aliphatic carbocycles. The van der Waals surface area contributed by atoms with E-state index >= 15 is 0 Å². The molecule has 0 radical (unpaired) electrons. The molecule has 0 atom stereocenters. The number of benzene rings is 8. The predicted octanol–water partition coefficient (Wildman–Crippen LogP) is 12.7. The van der Waals surface area contributed by atoms with E-state index in [0.29, 0.717) is 27.0 Å². The zero-order chi connectivity index (χ0) is 39.6. The molecule has 2 aliphatic heterocycles. The monoisotopic (exact) mass is 798 g/mol. The highest BCUT2D eigenvalue weighted by atomic mass is 32.2. The molecule has 0 saturated heterocycles. The highest BCUT2D eigenvalue weighted by Crippen LogP contribution is 2.57. The molecular formula is C51H34N4O2S2. The maximum atomic E-state index is 13.5.